The molecule has 1 aromatic rings. The van der Waals surface area contributed by atoms with E-state index in [2.05, 4.69) is 5.32 Å². The monoisotopic (exact) mass is 298 g/mol. The van der Waals surface area contributed by atoms with Crippen molar-refractivity contribution in [3.05, 3.63) is 39.7 Å². The summed E-state index contributed by atoms with van der Waals surface area (Å²) in [5.74, 6) is -3.00. The minimum absolute atomic E-state index is 0.231. The van der Waals surface area contributed by atoms with Crippen molar-refractivity contribution in [2.75, 3.05) is 0 Å². The number of halogens is 1. The number of hydrogen-bond acceptors (Lipinski definition) is 4. The Morgan fingerprint density at radius 3 is 2.62 bits per heavy atom. The van der Waals surface area contributed by atoms with Crippen molar-refractivity contribution >= 4 is 17.6 Å². The zero-order valence-corrected chi connectivity index (χ0v) is 11.3. The average molecular weight is 298 g/mol. The zero-order chi connectivity index (χ0) is 16.0. The molecule has 1 rings (SSSR count). The SMILES string of the molecule is CCCCC(NC(=O)c1cc(F)cc([N+](=O)[O-])c1)C(=O)O. The molecule has 0 aliphatic heterocycles. The molecule has 2 N–H and O–H groups in total. The van der Waals surface area contributed by atoms with Gasteiger partial charge in [-0.1, -0.05) is 19.8 Å². The summed E-state index contributed by atoms with van der Waals surface area (Å²) in [5, 5.41) is 21.8. The maximum Gasteiger partial charge on any atom is 0.326 e. The summed E-state index contributed by atoms with van der Waals surface area (Å²) in [7, 11) is 0. The van der Waals surface area contributed by atoms with E-state index in [0.29, 0.717) is 12.5 Å². The average Bonchev–Trinajstić information content (AvgIpc) is 2.42. The standard InChI is InChI=1S/C13H15FN2O5/c1-2-3-4-11(13(18)19)15-12(17)8-5-9(14)7-10(6-8)16(20)21/h5-7,11H,2-4H2,1H3,(H,15,17)(H,18,19). The van der Waals surface area contributed by atoms with Gasteiger partial charge < -0.3 is 10.4 Å². The van der Waals surface area contributed by atoms with Gasteiger partial charge in [0.25, 0.3) is 11.6 Å². The predicted molar refractivity (Wildman–Crippen MR) is 71.5 cm³/mol. The fourth-order valence-electron chi connectivity index (χ4n) is 1.72. The van der Waals surface area contributed by atoms with Crippen molar-refractivity contribution < 1.29 is 24.0 Å². The second-order valence-electron chi connectivity index (χ2n) is 4.46. The van der Waals surface area contributed by atoms with Crippen molar-refractivity contribution in [3.8, 4) is 0 Å². The molecule has 1 atom stereocenters. The van der Waals surface area contributed by atoms with Crippen LogP contribution in [0.15, 0.2) is 18.2 Å². The van der Waals surface area contributed by atoms with Gasteiger partial charge in [-0.15, -0.1) is 0 Å². The highest BCUT2D eigenvalue weighted by molar-refractivity contribution is 5.97. The van der Waals surface area contributed by atoms with Crippen molar-refractivity contribution in [1.29, 1.82) is 0 Å². The van der Waals surface area contributed by atoms with E-state index in [0.717, 1.165) is 18.6 Å². The molecule has 0 aromatic heterocycles. The third kappa shape index (κ3) is 4.83. The lowest BCUT2D eigenvalue weighted by Crippen LogP contribution is -2.40. The first kappa shape index (κ1) is 16.5. The van der Waals surface area contributed by atoms with Crippen LogP contribution in [0.2, 0.25) is 0 Å². The van der Waals surface area contributed by atoms with Crippen LogP contribution in [0, 0.1) is 15.9 Å². The van der Waals surface area contributed by atoms with E-state index in [1.807, 2.05) is 6.92 Å². The number of amides is 1. The molecule has 0 bridgehead atoms. The maximum absolute atomic E-state index is 13.2. The number of unbranched alkanes of at least 4 members (excludes halogenated alkanes) is 1. The van der Waals surface area contributed by atoms with E-state index in [1.54, 1.807) is 0 Å². The Morgan fingerprint density at radius 2 is 2.10 bits per heavy atom. The number of aliphatic carboxylic acids is 1. The Kier molecular flexibility index (Phi) is 5.77. The Balaban J connectivity index is 2.92. The molecule has 0 spiro atoms. The number of carbonyl (C=O) groups is 2. The second-order valence-corrected chi connectivity index (χ2v) is 4.46. The lowest BCUT2D eigenvalue weighted by molar-refractivity contribution is -0.385. The van der Waals surface area contributed by atoms with Gasteiger partial charge in [0.15, 0.2) is 0 Å². The van der Waals surface area contributed by atoms with E-state index in [1.165, 1.54) is 0 Å². The molecule has 1 aromatic carbocycles. The first-order chi connectivity index (χ1) is 9.85. The van der Waals surface area contributed by atoms with Crippen LogP contribution >= 0.6 is 0 Å². The Morgan fingerprint density at radius 1 is 1.43 bits per heavy atom. The largest absolute Gasteiger partial charge is 0.480 e. The summed E-state index contributed by atoms with van der Waals surface area (Å²) in [5.41, 5.74) is -0.856. The number of carbonyl (C=O) groups excluding carboxylic acids is 1. The number of hydrogen-bond donors (Lipinski definition) is 2. The van der Waals surface area contributed by atoms with Crippen LogP contribution in [0.5, 0.6) is 0 Å². The lowest BCUT2D eigenvalue weighted by Gasteiger charge is -2.14. The lowest BCUT2D eigenvalue weighted by atomic mass is 10.1. The molecule has 0 saturated heterocycles. The summed E-state index contributed by atoms with van der Waals surface area (Å²) in [6.45, 7) is 1.87. The van der Waals surface area contributed by atoms with Gasteiger partial charge in [0.1, 0.15) is 11.9 Å². The number of carboxylic acid groups (broad SMARTS) is 1. The summed E-state index contributed by atoms with van der Waals surface area (Å²) in [4.78, 5) is 32.7. The first-order valence-electron chi connectivity index (χ1n) is 6.33. The summed E-state index contributed by atoms with van der Waals surface area (Å²) >= 11 is 0. The van der Waals surface area contributed by atoms with Crippen LogP contribution in [-0.4, -0.2) is 27.9 Å². The van der Waals surface area contributed by atoms with Crippen LogP contribution in [-0.2, 0) is 4.79 Å². The maximum atomic E-state index is 13.2. The van der Waals surface area contributed by atoms with Crippen molar-refractivity contribution in [1.82, 2.24) is 5.32 Å². The Hall–Kier alpha value is -2.51. The normalized spacial score (nSPS) is 11.7. The van der Waals surface area contributed by atoms with Crippen LogP contribution in [0.1, 0.15) is 36.5 Å². The van der Waals surface area contributed by atoms with Crippen LogP contribution in [0.4, 0.5) is 10.1 Å². The highest BCUT2D eigenvalue weighted by Gasteiger charge is 2.21. The molecule has 1 unspecified atom stereocenters. The van der Waals surface area contributed by atoms with Gasteiger partial charge in [-0.05, 0) is 12.5 Å². The minimum atomic E-state index is -1.21. The topological polar surface area (TPSA) is 110 Å². The molecule has 1 amide bonds. The molecule has 7 nitrogen and oxygen atoms in total. The Bertz CT molecular complexity index is 561. The Labute approximate surface area is 119 Å². The van der Waals surface area contributed by atoms with E-state index in [9.17, 15) is 24.1 Å². The summed E-state index contributed by atoms with van der Waals surface area (Å²) < 4.78 is 13.2. The number of nitrogens with one attached hydrogen (secondary N) is 1. The van der Waals surface area contributed by atoms with Gasteiger partial charge in [-0.2, -0.15) is 0 Å². The molecule has 0 aliphatic rings. The van der Waals surface area contributed by atoms with Gasteiger partial charge in [0.2, 0.25) is 0 Å². The number of nitrogens with zero attached hydrogens (tertiary/aromatic N) is 1. The number of rotatable bonds is 7. The molecule has 8 heteroatoms. The third-order valence-electron chi connectivity index (χ3n) is 2.81. The van der Waals surface area contributed by atoms with Gasteiger partial charge >= 0.3 is 5.97 Å². The molecule has 0 radical (unpaired) electrons. The molecule has 114 valence electrons. The number of carboxylic acids is 1. The molecular formula is C13H15FN2O5. The van der Waals surface area contributed by atoms with Crippen molar-refractivity contribution in [2.24, 2.45) is 0 Å². The number of nitro benzene ring substituents is 1. The molecule has 21 heavy (non-hydrogen) atoms. The van der Waals surface area contributed by atoms with Crippen LogP contribution < -0.4 is 5.32 Å². The summed E-state index contributed by atoms with van der Waals surface area (Å²) in [6, 6.07) is 1.29. The van der Waals surface area contributed by atoms with Crippen LogP contribution in [0.25, 0.3) is 0 Å². The second kappa shape index (κ2) is 7.32. The quantitative estimate of drug-likeness (QED) is 0.591. The van der Waals surface area contributed by atoms with E-state index >= 15 is 0 Å². The predicted octanol–water partition coefficient (Wildman–Crippen LogP) is 2.11. The van der Waals surface area contributed by atoms with Gasteiger partial charge in [0, 0.05) is 11.6 Å². The zero-order valence-electron chi connectivity index (χ0n) is 11.3. The smallest absolute Gasteiger partial charge is 0.326 e. The van der Waals surface area contributed by atoms with Crippen molar-refractivity contribution in [3.63, 3.8) is 0 Å². The number of nitro groups is 1. The van der Waals surface area contributed by atoms with E-state index < -0.39 is 34.3 Å². The van der Waals surface area contributed by atoms with E-state index in [4.69, 9.17) is 5.11 Å². The van der Waals surface area contributed by atoms with Gasteiger partial charge in [-0.3, -0.25) is 14.9 Å². The third-order valence-corrected chi connectivity index (χ3v) is 2.81. The highest BCUT2D eigenvalue weighted by atomic mass is 19.1. The molecule has 0 fully saturated rings. The fraction of sp³-hybridized carbons (Fsp3) is 0.385. The van der Waals surface area contributed by atoms with Crippen LogP contribution in [0.3, 0.4) is 0 Å². The van der Waals surface area contributed by atoms with Gasteiger partial charge in [-0.25, -0.2) is 9.18 Å². The minimum Gasteiger partial charge on any atom is -0.480 e. The fourth-order valence-corrected chi connectivity index (χ4v) is 1.72. The van der Waals surface area contributed by atoms with Crippen molar-refractivity contribution in [2.45, 2.75) is 32.2 Å². The molecule has 0 saturated carbocycles. The summed E-state index contributed by atoms with van der Waals surface area (Å²) in [6.07, 6.45) is 1.58. The first-order valence-corrected chi connectivity index (χ1v) is 6.33. The van der Waals surface area contributed by atoms with Gasteiger partial charge in [0.05, 0.1) is 11.0 Å². The molecule has 0 heterocycles. The molecule has 0 aliphatic carbocycles. The van der Waals surface area contributed by atoms with E-state index in [-0.39, 0.29) is 12.0 Å². The molecular weight excluding hydrogens is 283 g/mol. The number of non-ortho nitro benzene ring substituents is 1. The number of benzene rings is 1. The highest BCUT2D eigenvalue weighted by Crippen LogP contribution is 2.16.